The molecule has 1 aromatic heterocycles. The number of rotatable bonds is 5. The summed E-state index contributed by atoms with van der Waals surface area (Å²) in [6, 6.07) is 0. The van der Waals surface area contributed by atoms with Gasteiger partial charge in [-0.1, -0.05) is 0 Å². The Kier molecular flexibility index (Phi) is 4.57. The van der Waals surface area contributed by atoms with Crippen LogP contribution in [0.25, 0.3) is 0 Å². The van der Waals surface area contributed by atoms with E-state index in [9.17, 15) is 22.0 Å². The number of sulfonamides is 1. The van der Waals surface area contributed by atoms with Crippen molar-refractivity contribution in [3.63, 3.8) is 0 Å². The first-order chi connectivity index (χ1) is 9.80. The summed E-state index contributed by atoms with van der Waals surface area (Å²) in [5.74, 6) is -1.48. The van der Waals surface area contributed by atoms with Gasteiger partial charge in [0.1, 0.15) is 11.4 Å². The second kappa shape index (κ2) is 6.06. The zero-order valence-corrected chi connectivity index (χ0v) is 11.8. The maximum Gasteiger partial charge on any atom is 0.306 e. The van der Waals surface area contributed by atoms with E-state index in [4.69, 9.17) is 5.11 Å². The summed E-state index contributed by atoms with van der Waals surface area (Å²) in [7, 11) is -3.81. The number of carboxylic acid groups (broad SMARTS) is 1. The van der Waals surface area contributed by atoms with E-state index in [-0.39, 0.29) is 30.8 Å². The smallest absolute Gasteiger partial charge is 0.306 e. The first-order valence-corrected chi connectivity index (χ1v) is 7.78. The summed E-state index contributed by atoms with van der Waals surface area (Å²) in [6.07, 6.45) is -0.0580. The Labute approximate surface area is 120 Å². The molecule has 0 radical (unpaired) electrons. The first kappa shape index (κ1) is 15.8. The standard InChI is InChI=1S/C11H15F2N3O4S/c12-10(13)7-15-6-9(5-14-15)21(19,20)16-3-1-8(2-4-16)11(17)18/h5-6,8,10H,1-4,7H2,(H,17,18). The lowest BCUT2D eigenvalue weighted by Crippen LogP contribution is -2.40. The van der Waals surface area contributed by atoms with Gasteiger partial charge < -0.3 is 5.11 Å². The molecule has 2 rings (SSSR count). The van der Waals surface area contributed by atoms with Crippen molar-refractivity contribution in [2.45, 2.75) is 30.7 Å². The minimum Gasteiger partial charge on any atom is -0.481 e. The monoisotopic (exact) mass is 323 g/mol. The third-order valence-electron chi connectivity index (χ3n) is 3.38. The molecule has 0 atom stereocenters. The maximum absolute atomic E-state index is 12.3. The van der Waals surface area contributed by atoms with Crippen molar-refractivity contribution in [1.82, 2.24) is 14.1 Å². The maximum atomic E-state index is 12.3. The van der Waals surface area contributed by atoms with Crippen LogP contribution in [-0.4, -0.2) is 53.1 Å². The summed E-state index contributed by atoms with van der Waals surface area (Å²) in [5.41, 5.74) is 0. The number of halogens is 2. The molecule has 0 spiro atoms. The third-order valence-corrected chi connectivity index (χ3v) is 5.23. The van der Waals surface area contributed by atoms with Crippen LogP contribution >= 0.6 is 0 Å². The molecule has 118 valence electrons. The molecule has 1 aliphatic heterocycles. The number of piperidine rings is 1. The van der Waals surface area contributed by atoms with Crippen LogP contribution in [0.3, 0.4) is 0 Å². The zero-order valence-electron chi connectivity index (χ0n) is 11.0. The molecular weight excluding hydrogens is 308 g/mol. The van der Waals surface area contributed by atoms with E-state index in [0.717, 1.165) is 21.4 Å². The van der Waals surface area contributed by atoms with Crippen LogP contribution in [0.4, 0.5) is 8.78 Å². The number of hydrogen-bond acceptors (Lipinski definition) is 4. The highest BCUT2D eigenvalue weighted by Crippen LogP contribution is 2.23. The highest BCUT2D eigenvalue weighted by atomic mass is 32.2. The van der Waals surface area contributed by atoms with Gasteiger partial charge in [0.15, 0.2) is 0 Å². The first-order valence-electron chi connectivity index (χ1n) is 6.34. The molecular formula is C11H15F2N3O4S. The van der Waals surface area contributed by atoms with E-state index in [2.05, 4.69) is 5.10 Å². The molecule has 0 unspecified atom stereocenters. The minimum absolute atomic E-state index is 0.0966. The van der Waals surface area contributed by atoms with Crippen molar-refractivity contribution in [3.8, 4) is 0 Å². The minimum atomic E-state index is -3.81. The molecule has 1 fully saturated rings. The van der Waals surface area contributed by atoms with Crippen LogP contribution in [0.15, 0.2) is 17.3 Å². The fourth-order valence-corrected chi connectivity index (χ4v) is 3.64. The van der Waals surface area contributed by atoms with Crippen molar-refractivity contribution in [3.05, 3.63) is 12.4 Å². The molecule has 1 aliphatic rings. The second-order valence-corrected chi connectivity index (χ2v) is 6.74. The highest BCUT2D eigenvalue weighted by Gasteiger charge is 2.32. The predicted octanol–water partition coefficient (Wildman–Crippen LogP) is 0.633. The SMILES string of the molecule is O=C(O)C1CCN(S(=O)(=O)c2cnn(CC(F)F)c2)CC1. The van der Waals surface area contributed by atoms with Crippen molar-refractivity contribution >= 4 is 16.0 Å². The lowest BCUT2D eigenvalue weighted by atomic mass is 9.99. The molecule has 0 bridgehead atoms. The molecule has 10 heteroatoms. The molecule has 0 saturated carbocycles. The van der Waals surface area contributed by atoms with Gasteiger partial charge in [0, 0.05) is 19.3 Å². The Bertz CT molecular complexity index is 609. The Balaban J connectivity index is 2.08. The number of nitrogens with zero attached hydrogens (tertiary/aromatic N) is 3. The number of aliphatic carboxylic acids is 1. The topological polar surface area (TPSA) is 92.5 Å². The largest absolute Gasteiger partial charge is 0.481 e. The molecule has 0 aliphatic carbocycles. The summed E-state index contributed by atoms with van der Waals surface area (Å²) in [4.78, 5) is 10.7. The highest BCUT2D eigenvalue weighted by molar-refractivity contribution is 7.89. The van der Waals surface area contributed by atoms with Gasteiger partial charge in [0.05, 0.1) is 12.1 Å². The van der Waals surface area contributed by atoms with E-state index in [1.807, 2.05) is 0 Å². The van der Waals surface area contributed by atoms with Gasteiger partial charge in [-0.15, -0.1) is 0 Å². The lowest BCUT2D eigenvalue weighted by Gasteiger charge is -2.28. The Morgan fingerprint density at radius 1 is 1.43 bits per heavy atom. The summed E-state index contributed by atoms with van der Waals surface area (Å²) < 4.78 is 51.1. The van der Waals surface area contributed by atoms with E-state index in [1.165, 1.54) is 0 Å². The normalized spacial score (nSPS) is 18.2. The van der Waals surface area contributed by atoms with Crippen LogP contribution < -0.4 is 0 Å². The van der Waals surface area contributed by atoms with Gasteiger partial charge >= 0.3 is 5.97 Å². The van der Waals surface area contributed by atoms with E-state index >= 15 is 0 Å². The van der Waals surface area contributed by atoms with E-state index < -0.39 is 34.9 Å². The van der Waals surface area contributed by atoms with Crippen LogP contribution in [-0.2, 0) is 21.4 Å². The zero-order chi connectivity index (χ0) is 15.6. The van der Waals surface area contributed by atoms with Crippen LogP contribution in [0.1, 0.15) is 12.8 Å². The number of carbonyl (C=O) groups is 1. The fraction of sp³-hybridized carbons (Fsp3) is 0.636. The Morgan fingerprint density at radius 2 is 2.05 bits per heavy atom. The molecule has 0 aromatic carbocycles. The van der Waals surface area contributed by atoms with Gasteiger partial charge in [-0.05, 0) is 12.8 Å². The van der Waals surface area contributed by atoms with Crippen molar-refractivity contribution in [2.24, 2.45) is 5.92 Å². The van der Waals surface area contributed by atoms with Gasteiger partial charge in [0.25, 0.3) is 6.43 Å². The van der Waals surface area contributed by atoms with Crippen molar-refractivity contribution in [2.75, 3.05) is 13.1 Å². The predicted molar refractivity (Wildman–Crippen MR) is 67.3 cm³/mol. The second-order valence-electron chi connectivity index (χ2n) is 4.81. The van der Waals surface area contributed by atoms with Crippen LogP contribution in [0, 0.1) is 5.92 Å². The quantitative estimate of drug-likeness (QED) is 0.858. The van der Waals surface area contributed by atoms with E-state index in [0.29, 0.717) is 0 Å². The molecule has 1 saturated heterocycles. The third kappa shape index (κ3) is 3.56. The molecule has 1 N–H and O–H groups in total. The number of hydrogen-bond donors (Lipinski definition) is 1. The average Bonchev–Trinajstić information content (AvgIpc) is 2.87. The Morgan fingerprint density at radius 3 is 2.57 bits per heavy atom. The molecule has 0 amide bonds. The molecule has 2 heterocycles. The van der Waals surface area contributed by atoms with Gasteiger partial charge in [-0.3, -0.25) is 9.48 Å². The summed E-state index contributed by atoms with van der Waals surface area (Å²) in [6.45, 7) is -0.477. The van der Waals surface area contributed by atoms with Gasteiger partial charge in [-0.25, -0.2) is 17.2 Å². The summed E-state index contributed by atoms with van der Waals surface area (Å²) >= 11 is 0. The Hall–Kier alpha value is -1.55. The van der Waals surface area contributed by atoms with Crippen molar-refractivity contribution < 1.29 is 27.1 Å². The fourth-order valence-electron chi connectivity index (χ4n) is 2.21. The number of carboxylic acids is 1. The van der Waals surface area contributed by atoms with Crippen LogP contribution in [0.5, 0.6) is 0 Å². The lowest BCUT2D eigenvalue weighted by molar-refractivity contribution is -0.142. The van der Waals surface area contributed by atoms with E-state index in [1.54, 1.807) is 0 Å². The molecule has 21 heavy (non-hydrogen) atoms. The van der Waals surface area contributed by atoms with Crippen LogP contribution in [0.2, 0.25) is 0 Å². The average molecular weight is 323 g/mol. The van der Waals surface area contributed by atoms with Gasteiger partial charge in [-0.2, -0.15) is 9.40 Å². The summed E-state index contributed by atoms with van der Waals surface area (Å²) in [5, 5.41) is 12.5. The van der Waals surface area contributed by atoms with Gasteiger partial charge in [0.2, 0.25) is 10.0 Å². The number of alkyl halides is 2. The number of aromatic nitrogens is 2. The van der Waals surface area contributed by atoms with Crippen molar-refractivity contribution in [1.29, 1.82) is 0 Å². The molecule has 1 aromatic rings. The molecule has 7 nitrogen and oxygen atoms in total.